The van der Waals surface area contributed by atoms with Crippen LogP contribution in [-0.4, -0.2) is 18.1 Å². The zero-order chi connectivity index (χ0) is 14.9. The Bertz CT molecular complexity index is 511. The monoisotopic (exact) mass is 288 g/mol. The molecule has 2 heterocycles. The molecule has 4 nitrogen and oxygen atoms in total. The van der Waals surface area contributed by atoms with E-state index in [4.69, 9.17) is 9.15 Å². The molecule has 0 aliphatic heterocycles. The molecular formula is C17H24N2O2. The van der Waals surface area contributed by atoms with Crippen LogP contribution in [0.25, 0.3) is 0 Å². The molecule has 0 aromatic carbocycles. The van der Waals surface area contributed by atoms with E-state index >= 15 is 0 Å². The molecular weight excluding hydrogens is 264 g/mol. The maximum absolute atomic E-state index is 5.54. The molecule has 0 bridgehead atoms. The van der Waals surface area contributed by atoms with Crippen molar-refractivity contribution in [3.63, 3.8) is 0 Å². The summed E-state index contributed by atoms with van der Waals surface area (Å²) in [6.45, 7) is 5.80. The molecule has 0 radical (unpaired) electrons. The van der Waals surface area contributed by atoms with Crippen molar-refractivity contribution in [1.82, 2.24) is 10.3 Å². The van der Waals surface area contributed by atoms with Gasteiger partial charge in [0.25, 0.3) is 0 Å². The number of rotatable bonds is 9. The maximum atomic E-state index is 5.54. The predicted octanol–water partition coefficient (Wildman–Crippen LogP) is 3.75. The quantitative estimate of drug-likeness (QED) is 0.763. The van der Waals surface area contributed by atoms with Crippen LogP contribution in [-0.2, 0) is 6.42 Å². The predicted molar refractivity (Wildman–Crippen MR) is 83.5 cm³/mol. The standard InChI is InChI=1S/C17H24N2O2/c1-3-9-19-17(8-7-15-6-5-10-21-15)14-11-16(20-4-2)13-18-12-14/h5-6,10-13,17,19H,3-4,7-9H2,1-2H3. The van der Waals surface area contributed by atoms with Crippen molar-refractivity contribution in [3.8, 4) is 5.75 Å². The topological polar surface area (TPSA) is 47.3 Å². The first-order valence-electron chi connectivity index (χ1n) is 7.67. The van der Waals surface area contributed by atoms with Crippen LogP contribution in [0.1, 0.15) is 44.1 Å². The maximum Gasteiger partial charge on any atom is 0.137 e. The molecule has 4 heteroatoms. The molecule has 21 heavy (non-hydrogen) atoms. The summed E-state index contributed by atoms with van der Waals surface area (Å²) in [5.74, 6) is 1.85. The molecule has 0 aliphatic carbocycles. The van der Waals surface area contributed by atoms with Crippen LogP contribution in [0.4, 0.5) is 0 Å². The Morgan fingerprint density at radius 3 is 2.95 bits per heavy atom. The lowest BCUT2D eigenvalue weighted by Gasteiger charge is -2.19. The number of ether oxygens (including phenoxy) is 1. The highest BCUT2D eigenvalue weighted by atomic mass is 16.5. The lowest BCUT2D eigenvalue weighted by Crippen LogP contribution is -2.23. The van der Waals surface area contributed by atoms with Gasteiger partial charge in [0.2, 0.25) is 0 Å². The first-order chi connectivity index (χ1) is 10.3. The molecule has 0 saturated carbocycles. The van der Waals surface area contributed by atoms with Crippen molar-refractivity contribution in [1.29, 1.82) is 0 Å². The average molecular weight is 288 g/mol. The van der Waals surface area contributed by atoms with Crippen molar-refractivity contribution < 1.29 is 9.15 Å². The minimum atomic E-state index is 0.267. The largest absolute Gasteiger partial charge is 0.492 e. The van der Waals surface area contributed by atoms with E-state index in [2.05, 4.69) is 23.3 Å². The Kier molecular flexibility index (Phi) is 6.28. The van der Waals surface area contributed by atoms with Crippen LogP contribution in [0, 0.1) is 0 Å². The van der Waals surface area contributed by atoms with Gasteiger partial charge in [0.1, 0.15) is 11.5 Å². The third-order valence-electron chi connectivity index (χ3n) is 3.35. The van der Waals surface area contributed by atoms with E-state index in [-0.39, 0.29) is 6.04 Å². The van der Waals surface area contributed by atoms with Gasteiger partial charge in [-0.05, 0) is 50.1 Å². The van der Waals surface area contributed by atoms with Crippen LogP contribution in [0.3, 0.4) is 0 Å². The highest BCUT2D eigenvalue weighted by molar-refractivity contribution is 5.26. The molecule has 0 amide bonds. The minimum absolute atomic E-state index is 0.267. The highest BCUT2D eigenvalue weighted by Crippen LogP contribution is 2.22. The van der Waals surface area contributed by atoms with Gasteiger partial charge in [-0.3, -0.25) is 4.98 Å². The number of furan rings is 1. The van der Waals surface area contributed by atoms with Crippen LogP contribution in [0.2, 0.25) is 0 Å². The van der Waals surface area contributed by atoms with Crippen LogP contribution in [0.5, 0.6) is 5.75 Å². The van der Waals surface area contributed by atoms with Gasteiger partial charge >= 0.3 is 0 Å². The minimum Gasteiger partial charge on any atom is -0.492 e. The fraction of sp³-hybridized carbons (Fsp3) is 0.471. The van der Waals surface area contributed by atoms with Crippen molar-refractivity contribution in [2.24, 2.45) is 0 Å². The summed E-state index contributed by atoms with van der Waals surface area (Å²) in [5.41, 5.74) is 1.17. The molecule has 0 fully saturated rings. The average Bonchev–Trinajstić information content (AvgIpc) is 3.01. The second-order valence-corrected chi connectivity index (χ2v) is 5.01. The van der Waals surface area contributed by atoms with Crippen molar-refractivity contribution >= 4 is 0 Å². The van der Waals surface area contributed by atoms with E-state index in [1.54, 1.807) is 12.5 Å². The third kappa shape index (κ3) is 4.90. The molecule has 0 saturated heterocycles. The van der Waals surface area contributed by atoms with Gasteiger partial charge in [0.05, 0.1) is 19.1 Å². The van der Waals surface area contributed by atoms with E-state index in [0.29, 0.717) is 6.61 Å². The second-order valence-electron chi connectivity index (χ2n) is 5.01. The van der Waals surface area contributed by atoms with Gasteiger partial charge in [-0.1, -0.05) is 6.92 Å². The van der Waals surface area contributed by atoms with Crippen LogP contribution in [0.15, 0.2) is 41.3 Å². The van der Waals surface area contributed by atoms with Crippen molar-refractivity contribution in [3.05, 3.63) is 48.2 Å². The van der Waals surface area contributed by atoms with Gasteiger partial charge in [0, 0.05) is 18.7 Å². The van der Waals surface area contributed by atoms with E-state index < -0.39 is 0 Å². The van der Waals surface area contributed by atoms with Crippen molar-refractivity contribution in [2.45, 2.75) is 39.2 Å². The zero-order valence-electron chi connectivity index (χ0n) is 12.8. The number of aryl methyl sites for hydroxylation is 1. The van der Waals surface area contributed by atoms with E-state index in [0.717, 1.165) is 37.3 Å². The Labute approximate surface area is 126 Å². The fourth-order valence-electron chi connectivity index (χ4n) is 2.32. The summed E-state index contributed by atoms with van der Waals surface area (Å²) in [6, 6.07) is 6.29. The fourth-order valence-corrected chi connectivity index (χ4v) is 2.32. The third-order valence-corrected chi connectivity index (χ3v) is 3.35. The molecule has 1 N–H and O–H groups in total. The summed E-state index contributed by atoms with van der Waals surface area (Å²) in [6.07, 6.45) is 8.39. The number of nitrogens with zero attached hydrogens (tertiary/aromatic N) is 1. The number of aromatic nitrogens is 1. The Balaban J connectivity index is 2.04. The number of hydrogen-bond donors (Lipinski definition) is 1. The molecule has 2 rings (SSSR count). The number of hydrogen-bond acceptors (Lipinski definition) is 4. The summed E-state index contributed by atoms with van der Waals surface area (Å²) >= 11 is 0. The van der Waals surface area contributed by atoms with Gasteiger partial charge in [-0.15, -0.1) is 0 Å². The SMILES string of the molecule is CCCNC(CCc1ccco1)c1cncc(OCC)c1. The Hall–Kier alpha value is -1.81. The molecule has 1 unspecified atom stereocenters. The van der Waals surface area contributed by atoms with Gasteiger partial charge < -0.3 is 14.5 Å². The zero-order valence-corrected chi connectivity index (χ0v) is 12.8. The van der Waals surface area contributed by atoms with Gasteiger partial charge in [-0.2, -0.15) is 0 Å². The van der Waals surface area contributed by atoms with Crippen LogP contribution < -0.4 is 10.1 Å². The normalized spacial score (nSPS) is 12.3. The van der Waals surface area contributed by atoms with E-state index in [1.807, 2.05) is 25.3 Å². The van der Waals surface area contributed by atoms with Crippen molar-refractivity contribution in [2.75, 3.05) is 13.2 Å². The summed E-state index contributed by atoms with van der Waals surface area (Å²) in [4.78, 5) is 4.29. The van der Waals surface area contributed by atoms with Gasteiger partial charge in [0.15, 0.2) is 0 Å². The summed E-state index contributed by atoms with van der Waals surface area (Å²) in [7, 11) is 0. The molecule has 2 aromatic rings. The highest BCUT2D eigenvalue weighted by Gasteiger charge is 2.13. The second kappa shape index (κ2) is 8.47. The Morgan fingerprint density at radius 2 is 2.24 bits per heavy atom. The van der Waals surface area contributed by atoms with E-state index in [1.165, 1.54) is 5.56 Å². The first kappa shape index (κ1) is 15.6. The number of nitrogens with one attached hydrogen (secondary N) is 1. The number of pyridine rings is 1. The molecule has 0 spiro atoms. The van der Waals surface area contributed by atoms with E-state index in [9.17, 15) is 0 Å². The van der Waals surface area contributed by atoms with Gasteiger partial charge in [-0.25, -0.2) is 0 Å². The first-order valence-corrected chi connectivity index (χ1v) is 7.67. The molecule has 114 valence electrons. The smallest absolute Gasteiger partial charge is 0.137 e. The summed E-state index contributed by atoms with van der Waals surface area (Å²) < 4.78 is 11.0. The molecule has 0 aliphatic rings. The van der Waals surface area contributed by atoms with Crippen LogP contribution >= 0.6 is 0 Å². The molecule has 2 aromatic heterocycles. The Morgan fingerprint density at radius 1 is 1.33 bits per heavy atom. The lowest BCUT2D eigenvalue weighted by molar-refractivity contribution is 0.337. The molecule has 1 atom stereocenters. The summed E-state index contributed by atoms with van der Waals surface area (Å²) in [5, 5.41) is 3.58. The lowest BCUT2D eigenvalue weighted by atomic mass is 10.0.